The molecule has 0 aromatic carbocycles. The molecule has 0 bridgehead atoms. The monoisotopic (exact) mass is 187 g/mol. The van der Waals surface area contributed by atoms with E-state index in [-0.39, 0.29) is 12.1 Å². The maximum atomic E-state index is 11.2. The lowest BCUT2D eigenvalue weighted by Gasteiger charge is -2.12. The molecule has 0 amide bonds. The van der Waals surface area contributed by atoms with Crippen molar-refractivity contribution in [2.75, 3.05) is 20.6 Å². The molecule has 0 aliphatic heterocycles. The predicted molar refractivity (Wildman–Crippen MR) is 53.6 cm³/mol. The zero-order valence-electron chi connectivity index (χ0n) is 9.17. The van der Waals surface area contributed by atoms with E-state index in [1.54, 1.807) is 0 Å². The van der Waals surface area contributed by atoms with E-state index in [1.807, 2.05) is 27.9 Å². The lowest BCUT2D eigenvalue weighted by molar-refractivity contribution is -0.148. The normalized spacial score (nSPS) is 13.0. The van der Waals surface area contributed by atoms with Gasteiger partial charge in [-0.3, -0.25) is 4.79 Å². The highest BCUT2D eigenvalue weighted by Crippen LogP contribution is 2.00. The summed E-state index contributed by atoms with van der Waals surface area (Å²) >= 11 is 0. The molecule has 0 saturated heterocycles. The van der Waals surface area contributed by atoms with Crippen molar-refractivity contribution in [1.82, 2.24) is 4.90 Å². The highest BCUT2D eigenvalue weighted by atomic mass is 16.5. The Balaban J connectivity index is 3.41. The van der Waals surface area contributed by atoms with Crippen LogP contribution in [-0.4, -0.2) is 37.6 Å². The first-order chi connectivity index (χ1) is 6.06. The van der Waals surface area contributed by atoms with Gasteiger partial charge in [0.2, 0.25) is 0 Å². The molecule has 0 spiro atoms. The van der Waals surface area contributed by atoms with Gasteiger partial charge in [-0.2, -0.15) is 0 Å². The number of hydrogen-bond acceptors (Lipinski definition) is 3. The second kappa shape index (κ2) is 6.89. The Bertz CT molecular complexity index is 146. The van der Waals surface area contributed by atoms with E-state index >= 15 is 0 Å². The molecule has 1 atom stereocenters. The highest BCUT2D eigenvalue weighted by Gasteiger charge is 2.06. The lowest BCUT2D eigenvalue weighted by Crippen LogP contribution is -2.17. The summed E-state index contributed by atoms with van der Waals surface area (Å²) in [6.45, 7) is 4.87. The van der Waals surface area contributed by atoms with E-state index in [9.17, 15) is 4.79 Å². The lowest BCUT2D eigenvalue weighted by atomic mass is 10.3. The maximum Gasteiger partial charge on any atom is 0.306 e. The van der Waals surface area contributed by atoms with Gasteiger partial charge in [-0.25, -0.2) is 0 Å². The fourth-order valence-electron chi connectivity index (χ4n) is 0.906. The second-order valence-electron chi connectivity index (χ2n) is 3.62. The van der Waals surface area contributed by atoms with Gasteiger partial charge in [-0.1, -0.05) is 6.92 Å². The van der Waals surface area contributed by atoms with Crippen LogP contribution in [0.4, 0.5) is 0 Å². The molecule has 0 N–H and O–H groups in total. The van der Waals surface area contributed by atoms with E-state index in [4.69, 9.17) is 4.74 Å². The van der Waals surface area contributed by atoms with Gasteiger partial charge in [0.1, 0.15) is 0 Å². The highest BCUT2D eigenvalue weighted by molar-refractivity contribution is 5.69. The molecule has 78 valence electrons. The molecule has 0 radical (unpaired) electrons. The first kappa shape index (κ1) is 12.4. The molecule has 0 unspecified atom stereocenters. The van der Waals surface area contributed by atoms with Gasteiger partial charge >= 0.3 is 5.97 Å². The van der Waals surface area contributed by atoms with Crippen LogP contribution in [0.3, 0.4) is 0 Å². The Morgan fingerprint density at radius 1 is 1.46 bits per heavy atom. The van der Waals surface area contributed by atoms with Crippen LogP contribution in [-0.2, 0) is 9.53 Å². The summed E-state index contributed by atoms with van der Waals surface area (Å²) < 4.78 is 5.12. The van der Waals surface area contributed by atoms with Gasteiger partial charge in [0.25, 0.3) is 0 Å². The molecule has 0 fully saturated rings. The van der Waals surface area contributed by atoms with Crippen molar-refractivity contribution in [2.45, 2.75) is 39.2 Å². The van der Waals surface area contributed by atoms with E-state index in [1.165, 1.54) is 0 Å². The summed E-state index contributed by atoms with van der Waals surface area (Å²) in [4.78, 5) is 13.2. The van der Waals surface area contributed by atoms with Crippen LogP contribution >= 0.6 is 0 Å². The van der Waals surface area contributed by atoms with Crippen molar-refractivity contribution in [3.63, 3.8) is 0 Å². The molecule has 0 rings (SSSR count). The molecule has 0 saturated carbocycles. The SMILES string of the molecule is CC[C@@H](C)OC(=O)CCCN(C)C. The standard InChI is InChI=1S/C10H21NO2/c1-5-9(2)13-10(12)7-6-8-11(3)4/h9H,5-8H2,1-4H3/t9-/m1/s1. The quantitative estimate of drug-likeness (QED) is 0.592. The molecule has 0 aliphatic rings. The molecule has 13 heavy (non-hydrogen) atoms. The van der Waals surface area contributed by atoms with Crippen molar-refractivity contribution in [3.05, 3.63) is 0 Å². The maximum absolute atomic E-state index is 11.2. The van der Waals surface area contributed by atoms with Gasteiger partial charge in [0, 0.05) is 6.42 Å². The number of esters is 1. The van der Waals surface area contributed by atoms with Crippen LogP contribution in [0.15, 0.2) is 0 Å². The zero-order chi connectivity index (χ0) is 10.3. The van der Waals surface area contributed by atoms with Crippen molar-refractivity contribution >= 4 is 5.97 Å². The van der Waals surface area contributed by atoms with Crippen molar-refractivity contribution in [3.8, 4) is 0 Å². The third kappa shape index (κ3) is 7.78. The average molecular weight is 187 g/mol. The largest absolute Gasteiger partial charge is 0.463 e. The predicted octanol–water partition coefficient (Wildman–Crippen LogP) is 1.67. The minimum Gasteiger partial charge on any atom is -0.463 e. The fraction of sp³-hybridized carbons (Fsp3) is 0.900. The molecule has 0 aromatic rings. The summed E-state index contributed by atoms with van der Waals surface area (Å²) in [7, 11) is 4.00. The van der Waals surface area contributed by atoms with Crippen LogP contribution in [0.5, 0.6) is 0 Å². The minimum atomic E-state index is -0.0730. The van der Waals surface area contributed by atoms with Crippen LogP contribution in [0.2, 0.25) is 0 Å². The van der Waals surface area contributed by atoms with E-state index in [0.717, 1.165) is 19.4 Å². The minimum absolute atomic E-state index is 0.0619. The number of carbonyl (C=O) groups excluding carboxylic acids is 1. The summed E-state index contributed by atoms with van der Waals surface area (Å²) in [5, 5.41) is 0. The number of carbonyl (C=O) groups is 1. The first-order valence-electron chi connectivity index (χ1n) is 4.90. The average Bonchev–Trinajstić information content (AvgIpc) is 2.03. The van der Waals surface area contributed by atoms with Gasteiger partial charge in [-0.15, -0.1) is 0 Å². The van der Waals surface area contributed by atoms with E-state index in [2.05, 4.69) is 4.90 Å². The van der Waals surface area contributed by atoms with Gasteiger partial charge in [0.05, 0.1) is 6.10 Å². The third-order valence-corrected chi connectivity index (χ3v) is 1.89. The van der Waals surface area contributed by atoms with Crippen molar-refractivity contribution in [2.24, 2.45) is 0 Å². The van der Waals surface area contributed by atoms with Crippen molar-refractivity contribution in [1.29, 1.82) is 0 Å². The first-order valence-corrected chi connectivity index (χ1v) is 4.90. The Morgan fingerprint density at radius 2 is 2.08 bits per heavy atom. The smallest absolute Gasteiger partial charge is 0.306 e. The number of hydrogen-bond donors (Lipinski definition) is 0. The summed E-state index contributed by atoms with van der Waals surface area (Å²) in [6.07, 6.45) is 2.36. The van der Waals surface area contributed by atoms with Crippen LogP contribution in [0.1, 0.15) is 33.1 Å². The van der Waals surface area contributed by atoms with Gasteiger partial charge < -0.3 is 9.64 Å². The molecule has 0 aromatic heterocycles. The van der Waals surface area contributed by atoms with E-state index in [0.29, 0.717) is 6.42 Å². The molecule has 3 heteroatoms. The molecule has 0 heterocycles. The van der Waals surface area contributed by atoms with Gasteiger partial charge in [-0.05, 0) is 40.4 Å². The van der Waals surface area contributed by atoms with E-state index < -0.39 is 0 Å². The number of rotatable bonds is 6. The topological polar surface area (TPSA) is 29.5 Å². The van der Waals surface area contributed by atoms with Crippen molar-refractivity contribution < 1.29 is 9.53 Å². The molecule has 0 aliphatic carbocycles. The number of nitrogens with zero attached hydrogens (tertiary/aromatic N) is 1. The Labute approximate surface area is 81.1 Å². The second-order valence-corrected chi connectivity index (χ2v) is 3.62. The molecule has 3 nitrogen and oxygen atoms in total. The third-order valence-electron chi connectivity index (χ3n) is 1.89. The fourth-order valence-corrected chi connectivity index (χ4v) is 0.906. The Kier molecular flexibility index (Phi) is 6.59. The summed E-state index contributed by atoms with van der Waals surface area (Å²) in [5.74, 6) is -0.0730. The van der Waals surface area contributed by atoms with Crippen LogP contribution in [0.25, 0.3) is 0 Å². The van der Waals surface area contributed by atoms with Crippen LogP contribution < -0.4 is 0 Å². The van der Waals surface area contributed by atoms with Gasteiger partial charge in [0.15, 0.2) is 0 Å². The molecular formula is C10H21NO2. The van der Waals surface area contributed by atoms with Crippen LogP contribution in [0, 0.1) is 0 Å². The zero-order valence-corrected chi connectivity index (χ0v) is 9.17. The molecular weight excluding hydrogens is 166 g/mol. The number of ether oxygens (including phenoxy) is 1. The summed E-state index contributed by atoms with van der Waals surface area (Å²) in [5.41, 5.74) is 0. The Morgan fingerprint density at radius 3 is 2.54 bits per heavy atom. The Hall–Kier alpha value is -0.570. The summed E-state index contributed by atoms with van der Waals surface area (Å²) in [6, 6.07) is 0.